The number of hydrogen-bond donors (Lipinski definition) is 0. The van der Waals surface area contributed by atoms with E-state index in [1.54, 1.807) is 0 Å². The number of hydrogen-bond acceptors (Lipinski definition) is 2. The number of halogens is 1. The fourth-order valence-electron chi connectivity index (χ4n) is 2.12. The number of nitrogens with zero attached hydrogens (tertiary/aromatic N) is 1. The smallest absolute Gasteiger partial charge is 0.0641 e. The molecule has 0 N–H and O–H groups in total. The fraction of sp³-hybridized carbons (Fsp3) is 0.538. The Bertz CT molecular complexity index is 346. The summed E-state index contributed by atoms with van der Waals surface area (Å²) in [6.45, 7) is 5.82. The Morgan fingerprint density at radius 1 is 1.31 bits per heavy atom. The number of aryl methyl sites for hydroxylation is 1. The van der Waals surface area contributed by atoms with Crippen molar-refractivity contribution in [1.29, 1.82) is 0 Å². The second-order valence-corrected chi connectivity index (χ2v) is 4.49. The van der Waals surface area contributed by atoms with Crippen LogP contribution < -0.4 is 4.90 Å². The largest absolute Gasteiger partial charge is 0.380 e. The molecule has 0 aromatic heterocycles. The van der Waals surface area contributed by atoms with Crippen LogP contribution >= 0.6 is 11.6 Å². The molecular formula is C13H18ClNO. The van der Waals surface area contributed by atoms with Gasteiger partial charge in [0.05, 0.1) is 6.61 Å². The van der Waals surface area contributed by atoms with E-state index in [9.17, 15) is 0 Å². The first-order chi connectivity index (χ1) is 7.81. The molecule has 3 heteroatoms. The van der Waals surface area contributed by atoms with E-state index < -0.39 is 0 Å². The van der Waals surface area contributed by atoms with Crippen LogP contribution in [0.3, 0.4) is 0 Å². The van der Waals surface area contributed by atoms with Crippen molar-refractivity contribution in [3.63, 3.8) is 0 Å². The maximum atomic E-state index is 6.01. The first kappa shape index (κ1) is 11.7. The summed E-state index contributed by atoms with van der Waals surface area (Å²) in [6, 6.07) is 6.50. The highest BCUT2D eigenvalue weighted by atomic mass is 35.5. The number of anilines is 1. The van der Waals surface area contributed by atoms with Gasteiger partial charge in [-0.2, -0.15) is 0 Å². The predicted octanol–water partition coefficient (Wildman–Crippen LogP) is 2.96. The van der Waals surface area contributed by atoms with Gasteiger partial charge in [-0.25, -0.2) is 0 Å². The zero-order valence-corrected chi connectivity index (χ0v) is 10.5. The number of benzene rings is 1. The average Bonchev–Trinajstić information content (AvgIpc) is 2.57. The molecule has 0 unspecified atom stereocenters. The second-order valence-electron chi connectivity index (χ2n) is 4.22. The normalized spacial score (nSPS) is 17.2. The number of alkyl halides is 1. The Morgan fingerprint density at radius 2 is 2.19 bits per heavy atom. The van der Waals surface area contributed by atoms with Crippen LogP contribution in [0.2, 0.25) is 0 Å². The van der Waals surface area contributed by atoms with Crippen molar-refractivity contribution in [3.8, 4) is 0 Å². The van der Waals surface area contributed by atoms with Crippen LogP contribution in [0.4, 0.5) is 5.69 Å². The third kappa shape index (κ3) is 2.69. The molecule has 2 rings (SSSR count). The van der Waals surface area contributed by atoms with Crippen molar-refractivity contribution < 1.29 is 4.74 Å². The first-order valence-electron chi connectivity index (χ1n) is 5.79. The summed E-state index contributed by atoms with van der Waals surface area (Å²) >= 11 is 6.01. The van der Waals surface area contributed by atoms with E-state index in [1.807, 2.05) is 0 Å². The van der Waals surface area contributed by atoms with Gasteiger partial charge >= 0.3 is 0 Å². The molecule has 2 nitrogen and oxygen atoms in total. The van der Waals surface area contributed by atoms with E-state index in [0.29, 0.717) is 5.88 Å². The highest BCUT2D eigenvalue weighted by Gasteiger charge is 2.13. The molecule has 0 spiro atoms. The van der Waals surface area contributed by atoms with Crippen molar-refractivity contribution in [2.75, 3.05) is 31.2 Å². The van der Waals surface area contributed by atoms with Gasteiger partial charge in [-0.1, -0.05) is 17.7 Å². The van der Waals surface area contributed by atoms with E-state index in [4.69, 9.17) is 16.3 Å². The summed E-state index contributed by atoms with van der Waals surface area (Å²) in [4.78, 5) is 2.38. The summed E-state index contributed by atoms with van der Waals surface area (Å²) in [5.74, 6) is 0.578. The van der Waals surface area contributed by atoms with Gasteiger partial charge in [-0.05, 0) is 25.0 Å². The summed E-state index contributed by atoms with van der Waals surface area (Å²) in [7, 11) is 0. The topological polar surface area (TPSA) is 12.5 Å². The van der Waals surface area contributed by atoms with Crippen LogP contribution in [0.1, 0.15) is 17.5 Å². The van der Waals surface area contributed by atoms with Gasteiger partial charge in [0.25, 0.3) is 0 Å². The minimum absolute atomic E-state index is 0.578. The molecule has 88 valence electrons. The molecule has 0 bridgehead atoms. The van der Waals surface area contributed by atoms with Crippen LogP contribution in [-0.4, -0.2) is 26.3 Å². The van der Waals surface area contributed by atoms with E-state index in [0.717, 1.165) is 32.7 Å². The molecular weight excluding hydrogens is 222 g/mol. The standard InChI is InChI=1S/C13H18ClNO/c1-11-3-4-13(12(9-11)10-14)15-5-2-7-16-8-6-15/h3-4,9H,2,5-8,10H2,1H3. The molecule has 1 fully saturated rings. The quantitative estimate of drug-likeness (QED) is 0.736. The number of rotatable bonds is 2. The van der Waals surface area contributed by atoms with E-state index in [-0.39, 0.29) is 0 Å². The molecule has 0 aliphatic carbocycles. The summed E-state index contributed by atoms with van der Waals surface area (Å²) in [5, 5.41) is 0. The average molecular weight is 240 g/mol. The lowest BCUT2D eigenvalue weighted by Crippen LogP contribution is -2.26. The number of ether oxygens (including phenoxy) is 1. The summed E-state index contributed by atoms with van der Waals surface area (Å²) < 4.78 is 5.47. The molecule has 0 amide bonds. The van der Waals surface area contributed by atoms with Crippen molar-refractivity contribution in [3.05, 3.63) is 29.3 Å². The van der Waals surface area contributed by atoms with Crippen LogP contribution in [0, 0.1) is 6.92 Å². The SMILES string of the molecule is Cc1ccc(N2CCCOCC2)c(CCl)c1. The lowest BCUT2D eigenvalue weighted by molar-refractivity contribution is 0.152. The van der Waals surface area contributed by atoms with Crippen molar-refractivity contribution in [2.24, 2.45) is 0 Å². The molecule has 0 saturated carbocycles. The maximum Gasteiger partial charge on any atom is 0.0641 e. The zero-order chi connectivity index (χ0) is 11.4. The predicted molar refractivity (Wildman–Crippen MR) is 68.4 cm³/mol. The zero-order valence-electron chi connectivity index (χ0n) is 9.71. The van der Waals surface area contributed by atoms with Crippen LogP contribution in [0.15, 0.2) is 18.2 Å². The molecule has 0 radical (unpaired) electrons. The second kappa shape index (κ2) is 5.55. The molecule has 16 heavy (non-hydrogen) atoms. The van der Waals surface area contributed by atoms with Gasteiger partial charge in [0.15, 0.2) is 0 Å². The van der Waals surface area contributed by atoms with E-state index in [1.165, 1.54) is 16.8 Å². The molecule has 1 heterocycles. The molecule has 1 aromatic rings. The van der Waals surface area contributed by atoms with Gasteiger partial charge in [-0.3, -0.25) is 0 Å². The Labute approximate surface area is 102 Å². The van der Waals surface area contributed by atoms with Gasteiger partial charge in [0.1, 0.15) is 0 Å². The lowest BCUT2D eigenvalue weighted by atomic mass is 10.1. The minimum atomic E-state index is 0.578. The maximum absolute atomic E-state index is 6.01. The van der Waals surface area contributed by atoms with Crippen LogP contribution in [0.25, 0.3) is 0 Å². The van der Waals surface area contributed by atoms with Gasteiger partial charge in [0, 0.05) is 31.3 Å². The minimum Gasteiger partial charge on any atom is -0.380 e. The van der Waals surface area contributed by atoms with E-state index >= 15 is 0 Å². The highest BCUT2D eigenvalue weighted by Crippen LogP contribution is 2.24. The van der Waals surface area contributed by atoms with Crippen molar-refractivity contribution in [1.82, 2.24) is 0 Å². The summed E-state index contributed by atoms with van der Waals surface area (Å²) in [5.41, 5.74) is 3.76. The Kier molecular flexibility index (Phi) is 4.08. The Balaban J connectivity index is 2.23. The third-order valence-corrected chi connectivity index (χ3v) is 3.23. The molecule has 0 atom stereocenters. The Morgan fingerprint density at radius 3 is 3.00 bits per heavy atom. The van der Waals surface area contributed by atoms with E-state index in [2.05, 4.69) is 30.0 Å². The van der Waals surface area contributed by atoms with Gasteiger partial charge in [-0.15, -0.1) is 11.6 Å². The van der Waals surface area contributed by atoms with Gasteiger partial charge in [0.2, 0.25) is 0 Å². The van der Waals surface area contributed by atoms with Crippen LogP contribution in [-0.2, 0) is 10.6 Å². The molecule has 1 aliphatic rings. The third-order valence-electron chi connectivity index (χ3n) is 2.94. The first-order valence-corrected chi connectivity index (χ1v) is 6.33. The van der Waals surface area contributed by atoms with Crippen LogP contribution in [0.5, 0.6) is 0 Å². The highest BCUT2D eigenvalue weighted by molar-refractivity contribution is 6.17. The molecule has 1 saturated heterocycles. The Hall–Kier alpha value is -0.730. The van der Waals surface area contributed by atoms with Gasteiger partial charge < -0.3 is 9.64 Å². The summed E-state index contributed by atoms with van der Waals surface area (Å²) in [6.07, 6.45) is 1.09. The lowest BCUT2D eigenvalue weighted by Gasteiger charge is -2.24. The van der Waals surface area contributed by atoms with Crippen molar-refractivity contribution in [2.45, 2.75) is 19.2 Å². The monoisotopic (exact) mass is 239 g/mol. The molecule has 1 aliphatic heterocycles. The fourth-order valence-corrected chi connectivity index (χ4v) is 2.33. The molecule has 1 aromatic carbocycles. The van der Waals surface area contributed by atoms with Crippen molar-refractivity contribution >= 4 is 17.3 Å².